The predicted molar refractivity (Wildman–Crippen MR) is 58.0 cm³/mol. The van der Waals surface area contributed by atoms with Crippen LogP contribution >= 0.6 is 0 Å². The van der Waals surface area contributed by atoms with Gasteiger partial charge in [0.15, 0.2) is 0 Å². The Labute approximate surface area is 93.3 Å². The van der Waals surface area contributed by atoms with Gasteiger partial charge in [-0.15, -0.1) is 0 Å². The van der Waals surface area contributed by atoms with Crippen molar-refractivity contribution in [1.29, 1.82) is 0 Å². The number of rotatable bonds is 5. The summed E-state index contributed by atoms with van der Waals surface area (Å²) in [5, 5.41) is 12.2. The minimum absolute atomic E-state index is 0.0578. The van der Waals surface area contributed by atoms with Gasteiger partial charge in [-0.1, -0.05) is 12.1 Å². The predicted octanol–water partition coefficient (Wildman–Crippen LogP) is 0.324. The third kappa shape index (κ3) is 3.96. The molecular formula is C11H15FN2O2. The Bertz CT molecular complexity index is 358. The number of halogens is 1. The van der Waals surface area contributed by atoms with E-state index in [9.17, 15) is 14.3 Å². The molecule has 1 amide bonds. The summed E-state index contributed by atoms with van der Waals surface area (Å²) in [6, 6.07) is 5.64. The van der Waals surface area contributed by atoms with Crippen LogP contribution in [-0.4, -0.2) is 24.1 Å². The third-order valence-electron chi connectivity index (χ3n) is 2.10. The Morgan fingerprint density at radius 3 is 2.94 bits per heavy atom. The maximum absolute atomic E-state index is 12.8. The smallest absolute Gasteiger partial charge is 0.221 e. The van der Waals surface area contributed by atoms with Gasteiger partial charge in [0.25, 0.3) is 0 Å². The van der Waals surface area contributed by atoms with E-state index in [0.29, 0.717) is 5.56 Å². The van der Waals surface area contributed by atoms with E-state index in [1.165, 1.54) is 18.2 Å². The highest BCUT2D eigenvalue weighted by molar-refractivity contribution is 5.76. The normalized spacial score (nSPS) is 12.2. The van der Waals surface area contributed by atoms with Crippen molar-refractivity contribution < 1.29 is 14.3 Å². The Morgan fingerprint density at radius 1 is 1.56 bits per heavy atom. The molecule has 0 aliphatic carbocycles. The molecular weight excluding hydrogens is 211 g/mol. The summed E-state index contributed by atoms with van der Waals surface area (Å²) in [5.41, 5.74) is 5.63. The minimum Gasteiger partial charge on any atom is -0.387 e. The molecule has 4 N–H and O–H groups in total. The van der Waals surface area contributed by atoms with Gasteiger partial charge in [-0.3, -0.25) is 4.79 Å². The lowest BCUT2D eigenvalue weighted by atomic mass is 10.1. The lowest BCUT2D eigenvalue weighted by Gasteiger charge is -2.12. The number of benzene rings is 1. The maximum Gasteiger partial charge on any atom is 0.221 e. The molecule has 0 fully saturated rings. The number of aliphatic hydroxyl groups excluding tert-OH is 1. The molecule has 1 atom stereocenters. The van der Waals surface area contributed by atoms with Crippen molar-refractivity contribution in [3.05, 3.63) is 35.6 Å². The zero-order valence-corrected chi connectivity index (χ0v) is 8.82. The van der Waals surface area contributed by atoms with Crippen LogP contribution in [0, 0.1) is 5.82 Å². The summed E-state index contributed by atoms with van der Waals surface area (Å²) in [6.07, 6.45) is -0.687. The number of hydrogen-bond acceptors (Lipinski definition) is 3. The van der Waals surface area contributed by atoms with Gasteiger partial charge < -0.3 is 16.2 Å². The monoisotopic (exact) mass is 226 g/mol. The Hall–Kier alpha value is -1.46. The molecule has 0 saturated carbocycles. The molecule has 16 heavy (non-hydrogen) atoms. The van der Waals surface area contributed by atoms with Gasteiger partial charge in [-0.25, -0.2) is 4.39 Å². The molecule has 1 unspecified atom stereocenters. The quantitative estimate of drug-likeness (QED) is 0.677. The van der Waals surface area contributed by atoms with E-state index in [0.717, 1.165) is 0 Å². The van der Waals surface area contributed by atoms with Crippen molar-refractivity contribution in [3.63, 3.8) is 0 Å². The van der Waals surface area contributed by atoms with Crippen molar-refractivity contribution in [2.24, 2.45) is 5.73 Å². The molecule has 1 rings (SSSR count). The number of hydrogen-bond donors (Lipinski definition) is 3. The van der Waals surface area contributed by atoms with Crippen LogP contribution in [0.25, 0.3) is 0 Å². The average molecular weight is 226 g/mol. The fourth-order valence-electron chi connectivity index (χ4n) is 1.26. The zero-order valence-electron chi connectivity index (χ0n) is 8.82. The van der Waals surface area contributed by atoms with Crippen molar-refractivity contribution >= 4 is 5.91 Å². The number of carbonyl (C=O) groups excluding carboxylic acids is 1. The van der Waals surface area contributed by atoms with Gasteiger partial charge in [0.05, 0.1) is 6.10 Å². The van der Waals surface area contributed by atoms with E-state index < -0.39 is 11.9 Å². The van der Waals surface area contributed by atoms with Gasteiger partial charge in [0.2, 0.25) is 5.91 Å². The first-order valence-corrected chi connectivity index (χ1v) is 5.03. The average Bonchev–Trinajstić information content (AvgIpc) is 2.26. The lowest BCUT2D eigenvalue weighted by molar-refractivity contribution is -0.121. The van der Waals surface area contributed by atoms with Gasteiger partial charge in [0.1, 0.15) is 5.82 Å². The first kappa shape index (κ1) is 12.6. The molecule has 1 aromatic rings. The van der Waals surface area contributed by atoms with E-state index >= 15 is 0 Å². The van der Waals surface area contributed by atoms with Crippen molar-refractivity contribution in [2.45, 2.75) is 12.5 Å². The van der Waals surface area contributed by atoms with E-state index in [4.69, 9.17) is 5.73 Å². The molecule has 0 bridgehead atoms. The molecule has 0 saturated heterocycles. The minimum atomic E-state index is -0.905. The highest BCUT2D eigenvalue weighted by atomic mass is 19.1. The Morgan fingerprint density at radius 2 is 2.31 bits per heavy atom. The highest BCUT2D eigenvalue weighted by Crippen LogP contribution is 2.12. The van der Waals surface area contributed by atoms with Gasteiger partial charge >= 0.3 is 0 Å². The summed E-state index contributed by atoms with van der Waals surface area (Å²) in [7, 11) is 0. The largest absolute Gasteiger partial charge is 0.387 e. The lowest BCUT2D eigenvalue weighted by Crippen LogP contribution is -2.29. The van der Waals surface area contributed by atoms with Gasteiger partial charge in [0, 0.05) is 19.5 Å². The SMILES string of the molecule is NCCC(=O)NCC(O)c1cccc(F)c1. The second kappa shape index (κ2) is 6.19. The van der Waals surface area contributed by atoms with Crippen LogP contribution in [0.2, 0.25) is 0 Å². The summed E-state index contributed by atoms with van der Waals surface area (Å²) < 4.78 is 12.8. The van der Waals surface area contributed by atoms with Crippen molar-refractivity contribution in [2.75, 3.05) is 13.1 Å². The summed E-state index contributed by atoms with van der Waals surface area (Å²) in [4.78, 5) is 11.1. The molecule has 4 nitrogen and oxygen atoms in total. The molecule has 5 heteroatoms. The molecule has 0 aliphatic rings. The van der Waals surface area contributed by atoms with Crippen LogP contribution in [0.4, 0.5) is 4.39 Å². The number of aliphatic hydroxyl groups is 1. The number of nitrogens with two attached hydrogens (primary N) is 1. The van der Waals surface area contributed by atoms with Gasteiger partial charge in [-0.05, 0) is 17.7 Å². The fraction of sp³-hybridized carbons (Fsp3) is 0.364. The Kier molecular flexibility index (Phi) is 4.88. The van der Waals surface area contributed by atoms with E-state index in [-0.39, 0.29) is 25.4 Å². The van der Waals surface area contributed by atoms with Crippen LogP contribution in [0.5, 0.6) is 0 Å². The molecule has 0 heterocycles. The molecule has 0 radical (unpaired) electrons. The topological polar surface area (TPSA) is 75.4 Å². The number of carbonyl (C=O) groups is 1. The van der Waals surface area contributed by atoms with Crippen LogP contribution in [0.15, 0.2) is 24.3 Å². The van der Waals surface area contributed by atoms with Crippen LogP contribution in [0.1, 0.15) is 18.1 Å². The summed E-state index contributed by atoms with van der Waals surface area (Å²) in [5.74, 6) is -0.636. The summed E-state index contributed by atoms with van der Waals surface area (Å²) >= 11 is 0. The Balaban J connectivity index is 2.46. The molecule has 0 spiro atoms. The number of amides is 1. The standard InChI is InChI=1S/C11H15FN2O2/c12-9-3-1-2-8(6-9)10(15)7-14-11(16)4-5-13/h1-3,6,10,15H,4-5,7,13H2,(H,14,16). The van der Waals surface area contributed by atoms with E-state index in [1.807, 2.05) is 0 Å². The van der Waals surface area contributed by atoms with E-state index in [1.54, 1.807) is 6.07 Å². The highest BCUT2D eigenvalue weighted by Gasteiger charge is 2.09. The maximum atomic E-state index is 12.8. The van der Waals surface area contributed by atoms with Crippen LogP contribution in [0.3, 0.4) is 0 Å². The zero-order chi connectivity index (χ0) is 12.0. The summed E-state index contributed by atoms with van der Waals surface area (Å²) in [6.45, 7) is 0.324. The first-order valence-electron chi connectivity index (χ1n) is 5.03. The number of nitrogens with one attached hydrogen (secondary N) is 1. The van der Waals surface area contributed by atoms with Crippen molar-refractivity contribution in [1.82, 2.24) is 5.32 Å². The third-order valence-corrected chi connectivity index (χ3v) is 2.10. The molecule has 88 valence electrons. The molecule has 0 aromatic heterocycles. The van der Waals surface area contributed by atoms with Gasteiger partial charge in [-0.2, -0.15) is 0 Å². The molecule has 1 aromatic carbocycles. The molecule has 0 aliphatic heterocycles. The van der Waals surface area contributed by atoms with Crippen molar-refractivity contribution in [3.8, 4) is 0 Å². The van der Waals surface area contributed by atoms with Crippen LogP contribution < -0.4 is 11.1 Å². The second-order valence-electron chi connectivity index (χ2n) is 3.41. The second-order valence-corrected chi connectivity index (χ2v) is 3.41. The fourth-order valence-corrected chi connectivity index (χ4v) is 1.26. The first-order chi connectivity index (χ1) is 7.63. The van der Waals surface area contributed by atoms with E-state index in [2.05, 4.69) is 5.32 Å². The van der Waals surface area contributed by atoms with Crippen LogP contribution in [-0.2, 0) is 4.79 Å².